The molecule has 0 spiro atoms. The fourth-order valence-electron chi connectivity index (χ4n) is 2.82. The quantitative estimate of drug-likeness (QED) is 0.613. The van der Waals surface area contributed by atoms with Gasteiger partial charge in [0.1, 0.15) is 6.54 Å². The zero-order valence-electron chi connectivity index (χ0n) is 16.1. The number of nitrogens with zero attached hydrogens (tertiary/aromatic N) is 1. The van der Waals surface area contributed by atoms with Gasteiger partial charge in [0.15, 0.2) is 0 Å². The normalized spacial score (nSPS) is 11.1. The van der Waals surface area contributed by atoms with E-state index < -0.39 is 15.9 Å². The minimum atomic E-state index is -3.97. The van der Waals surface area contributed by atoms with Gasteiger partial charge in [-0.1, -0.05) is 53.6 Å². The Morgan fingerprint density at radius 3 is 2.31 bits per heavy atom. The molecule has 0 unspecified atom stereocenters. The van der Waals surface area contributed by atoms with Gasteiger partial charge in [0.2, 0.25) is 5.91 Å². The zero-order valence-corrected chi connectivity index (χ0v) is 17.7. The smallest absolute Gasteiger partial charge is 0.264 e. The summed E-state index contributed by atoms with van der Waals surface area (Å²) in [6.07, 6.45) is 0. The Hall–Kier alpha value is -2.83. The molecular formula is C22H21ClN2O3S. The van der Waals surface area contributed by atoms with Crippen molar-refractivity contribution in [2.45, 2.75) is 18.7 Å². The Balaban J connectivity index is 1.96. The number of amides is 1. The van der Waals surface area contributed by atoms with E-state index in [4.69, 9.17) is 11.6 Å². The van der Waals surface area contributed by atoms with E-state index in [2.05, 4.69) is 5.32 Å². The average molecular weight is 429 g/mol. The molecule has 0 heterocycles. The number of hydrogen-bond acceptors (Lipinski definition) is 3. The van der Waals surface area contributed by atoms with E-state index >= 15 is 0 Å². The molecule has 0 saturated carbocycles. The fraction of sp³-hybridized carbons (Fsp3) is 0.136. The lowest BCUT2D eigenvalue weighted by molar-refractivity contribution is -0.114. The van der Waals surface area contributed by atoms with Gasteiger partial charge in [-0.25, -0.2) is 8.42 Å². The fourth-order valence-corrected chi connectivity index (χ4v) is 4.41. The molecule has 3 aromatic rings. The number of hydrogen-bond donors (Lipinski definition) is 1. The summed E-state index contributed by atoms with van der Waals surface area (Å²) in [5.74, 6) is -0.449. The van der Waals surface area contributed by atoms with Gasteiger partial charge >= 0.3 is 0 Å². The number of carbonyl (C=O) groups excluding carboxylic acids is 1. The van der Waals surface area contributed by atoms with E-state index in [9.17, 15) is 13.2 Å². The van der Waals surface area contributed by atoms with Crippen molar-refractivity contribution in [1.82, 2.24) is 0 Å². The van der Waals surface area contributed by atoms with Crippen LogP contribution in [0.1, 0.15) is 11.1 Å². The highest BCUT2D eigenvalue weighted by Crippen LogP contribution is 2.26. The van der Waals surface area contributed by atoms with Crippen molar-refractivity contribution >= 4 is 38.9 Å². The molecule has 5 nitrogen and oxygen atoms in total. The van der Waals surface area contributed by atoms with E-state index in [1.807, 2.05) is 26.0 Å². The maximum absolute atomic E-state index is 13.3. The molecule has 0 fully saturated rings. The van der Waals surface area contributed by atoms with Gasteiger partial charge in [0, 0.05) is 10.7 Å². The number of nitrogens with one attached hydrogen (secondary N) is 1. The second-order valence-corrected chi connectivity index (χ2v) is 8.97. The highest BCUT2D eigenvalue weighted by molar-refractivity contribution is 7.92. The van der Waals surface area contributed by atoms with E-state index in [0.29, 0.717) is 16.4 Å². The minimum absolute atomic E-state index is 0.103. The Labute approximate surface area is 176 Å². The molecule has 0 radical (unpaired) electrons. The standard InChI is InChI=1S/C22H21ClN2O3S/c1-16-10-12-20(13-11-16)29(27,28)25(19-8-5-7-18(23)14-19)15-22(26)24-21-9-4-3-6-17(21)2/h3-14H,15H2,1-2H3,(H,24,26). The van der Waals surface area contributed by atoms with Gasteiger partial charge in [-0.05, 0) is 55.8 Å². The van der Waals surface area contributed by atoms with Gasteiger partial charge in [-0.15, -0.1) is 0 Å². The highest BCUT2D eigenvalue weighted by atomic mass is 35.5. The van der Waals surface area contributed by atoms with Crippen LogP contribution in [0.4, 0.5) is 11.4 Å². The summed E-state index contributed by atoms with van der Waals surface area (Å²) < 4.78 is 27.7. The van der Waals surface area contributed by atoms with Crippen LogP contribution in [0.3, 0.4) is 0 Å². The number of sulfonamides is 1. The Morgan fingerprint density at radius 2 is 1.66 bits per heavy atom. The first-order valence-electron chi connectivity index (χ1n) is 8.98. The maximum atomic E-state index is 13.3. The van der Waals surface area contributed by atoms with E-state index in [1.165, 1.54) is 18.2 Å². The molecule has 0 aliphatic heterocycles. The molecule has 0 bridgehead atoms. The summed E-state index contributed by atoms with van der Waals surface area (Å²) in [7, 11) is -3.97. The zero-order chi connectivity index (χ0) is 21.0. The lowest BCUT2D eigenvalue weighted by Crippen LogP contribution is -2.38. The minimum Gasteiger partial charge on any atom is -0.324 e. The summed E-state index contributed by atoms with van der Waals surface area (Å²) in [6, 6.07) is 20.2. The lowest BCUT2D eigenvalue weighted by atomic mass is 10.2. The van der Waals surface area contributed by atoms with E-state index in [1.54, 1.807) is 42.5 Å². The molecule has 0 aliphatic carbocycles. The highest BCUT2D eigenvalue weighted by Gasteiger charge is 2.27. The van der Waals surface area contributed by atoms with Crippen LogP contribution >= 0.6 is 11.6 Å². The predicted octanol–water partition coefficient (Wildman–Crippen LogP) is 4.79. The van der Waals surface area contributed by atoms with Crippen molar-refractivity contribution in [3.8, 4) is 0 Å². The number of benzene rings is 3. The molecule has 0 aromatic heterocycles. The van der Waals surface area contributed by atoms with E-state index in [-0.39, 0.29) is 11.4 Å². The van der Waals surface area contributed by atoms with Crippen LogP contribution in [-0.4, -0.2) is 20.9 Å². The van der Waals surface area contributed by atoms with Crippen LogP contribution < -0.4 is 9.62 Å². The first kappa shape index (κ1) is 20.9. The lowest BCUT2D eigenvalue weighted by Gasteiger charge is -2.24. The number of rotatable bonds is 6. The molecule has 0 saturated heterocycles. The average Bonchev–Trinajstić information content (AvgIpc) is 2.68. The van der Waals surface area contributed by atoms with Crippen LogP contribution in [-0.2, 0) is 14.8 Å². The van der Waals surface area contributed by atoms with Gasteiger partial charge in [-0.2, -0.15) is 0 Å². The second-order valence-electron chi connectivity index (χ2n) is 6.67. The molecule has 0 aliphatic rings. The van der Waals surface area contributed by atoms with Gasteiger partial charge in [-0.3, -0.25) is 9.10 Å². The van der Waals surface area contributed by atoms with Crippen molar-refractivity contribution < 1.29 is 13.2 Å². The van der Waals surface area contributed by atoms with Crippen molar-refractivity contribution in [2.24, 2.45) is 0 Å². The topological polar surface area (TPSA) is 66.5 Å². The number of aryl methyl sites for hydroxylation is 2. The Morgan fingerprint density at radius 1 is 0.966 bits per heavy atom. The van der Waals surface area contributed by atoms with E-state index in [0.717, 1.165) is 15.4 Å². The van der Waals surface area contributed by atoms with Gasteiger partial charge in [0.25, 0.3) is 10.0 Å². The molecule has 1 amide bonds. The van der Waals surface area contributed by atoms with Crippen LogP contribution in [0.25, 0.3) is 0 Å². The first-order chi connectivity index (χ1) is 13.8. The van der Waals surface area contributed by atoms with Crippen molar-refractivity contribution in [3.63, 3.8) is 0 Å². The Bertz CT molecular complexity index is 1130. The number of para-hydroxylation sites is 1. The molecule has 3 aromatic carbocycles. The number of halogens is 1. The molecule has 150 valence electrons. The monoisotopic (exact) mass is 428 g/mol. The predicted molar refractivity (Wildman–Crippen MR) is 117 cm³/mol. The number of carbonyl (C=O) groups is 1. The molecular weight excluding hydrogens is 408 g/mol. The summed E-state index contributed by atoms with van der Waals surface area (Å²) in [6.45, 7) is 3.36. The summed E-state index contributed by atoms with van der Waals surface area (Å²) in [5, 5.41) is 3.16. The second kappa shape index (κ2) is 8.68. The molecule has 1 N–H and O–H groups in total. The van der Waals surface area contributed by atoms with Crippen molar-refractivity contribution in [2.75, 3.05) is 16.2 Å². The van der Waals surface area contributed by atoms with Gasteiger partial charge in [0.05, 0.1) is 10.6 Å². The van der Waals surface area contributed by atoms with Crippen LogP contribution in [0.2, 0.25) is 5.02 Å². The van der Waals surface area contributed by atoms with Crippen molar-refractivity contribution in [1.29, 1.82) is 0 Å². The van der Waals surface area contributed by atoms with Crippen LogP contribution in [0.5, 0.6) is 0 Å². The number of anilines is 2. The molecule has 0 atom stereocenters. The van der Waals surface area contributed by atoms with Crippen molar-refractivity contribution in [3.05, 3.63) is 88.9 Å². The largest absolute Gasteiger partial charge is 0.324 e. The molecule has 7 heteroatoms. The maximum Gasteiger partial charge on any atom is 0.264 e. The molecule has 29 heavy (non-hydrogen) atoms. The molecule has 3 rings (SSSR count). The summed E-state index contributed by atoms with van der Waals surface area (Å²) in [4.78, 5) is 12.8. The third kappa shape index (κ3) is 4.96. The summed E-state index contributed by atoms with van der Waals surface area (Å²) >= 11 is 6.07. The summed E-state index contributed by atoms with van der Waals surface area (Å²) in [5.41, 5.74) is 2.78. The third-order valence-corrected chi connectivity index (χ3v) is 6.43. The third-order valence-electron chi connectivity index (χ3n) is 4.41. The van der Waals surface area contributed by atoms with Crippen LogP contribution in [0.15, 0.2) is 77.7 Å². The van der Waals surface area contributed by atoms with Crippen LogP contribution in [0, 0.1) is 13.8 Å². The van der Waals surface area contributed by atoms with Gasteiger partial charge < -0.3 is 5.32 Å². The Kier molecular flexibility index (Phi) is 6.25. The first-order valence-corrected chi connectivity index (χ1v) is 10.8. The SMILES string of the molecule is Cc1ccc(S(=O)(=O)N(CC(=O)Nc2ccccc2C)c2cccc(Cl)c2)cc1.